The van der Waals surface area contributed by atoms with Gasteiger partial charge < -0.3 is 14.4 Å². The van der Waals surface area contributed by atoms with E-state index < -0.39 is 15.3 Å². The Bertz CT molecular complexity index is 1040. The minimum absolute atomic E-state index is 0.0518. The molecule has 1 amide bonds. The molecule has 8 heteroatoms. The Labute approximate surface area is 189 Å². The first-order valence-electron chi connectivity index (χ1n) is 11.7. The SMILES string of the molecule is O=C1COc2ccccc2C2CCC(CC2)O/C=C2/C(=N/S(=O)(=O)C3CCC3)CCCN12. The second-order valence-electron chi connectivity index (χ2n) is 9.19. The van der Waals surface area contributed by atoms with Gasteiger partial charge in [0.25, 0.3) is 15.9 Å². The van der Waals surface area contributed by atoms with Crippen LogP contribution < -0.4 is 4.74 Å². The van der Waals surface area contributed by atoms with Crippen LogP contribution in [-0.2, 0) is 19.6 Å². The second-order valence-corrected chi connectivity index (χ2v) is 11.1. The van der Waals surface area contributed by atoms with Gasteiger partial charge in [-0.05, 0) is 68.9 Å². The van der Waals surface area contributed by atoms with Crippen LogP contribution >= 0.6 is 0 Å². The molecule has 2 saturated carbocycles. The van der Waals surface area contributed by atoms with Crippen molar-refractivity contribution in [3.63, 3.8) is 0 Å². The van der Waals surface area contributed by atoms with Crippen LogP contribution in [0.3, 0.4) is 0 Å². The molecular weight excluding hydrogens is 428 g/mol. The molecule has 0 aromatic heterocycles. The van der Waals surface area contributed by atoms with Crippen molar-refractivity contribution in [3.8, 4) is 5.75 Å². The lowest BCUT2D eigenvalue weighted by Gasteiger charge is -2.32. The van der Waals surface area contributed by atoms with Gasteiger partial charge in [0.2, 0.25) is 0 Å². The maximum atomic E-state index is 13.2. The molecule has 1 aromatic carbocycles. The predicted molar refractivity (Wildman–Crippen MR) is 121 cm³/mol. The van der Waals surface area contributed by atoms with Gasteiger partial charge >= 0.3 is 0 Å². The van der Waals surface area contributed by atoms with Crippen LogP contribution in [0.15, 0.2) is 40.6 Å². The normalized spacial score (nSPS) is 29.8. The number of carbonyl (C=O) groups is 1. The van der Waals surface area contributed by atoms with Crippen LogP contribution in [0.1, 0.15) is 69.3 Å². The average molecular weight is 459 g/mol. The summed E-state index contributed by atoms with van der Waals surface area (Å²) in [5.74, 6) is 0.935. The molecule has 0 radical (unpaired) electrons. The van der Waals surface area contributed by atoms with Gasteiger partial charge in [0.05, 0.1) is 17.1 Å². The van der Waals surface area contributed by atoms with E-state index in [0.717, 1.165) is 43.4 Å². The second kappa shape index (κ2) is 8.89. The van der Waals surface area contributed by atoms with Gasteiger partial charge in [-0.25, -0.2) is 8.42 Å². The first-order valence-corrected chi connectivity index (χ1v) is 13.2. The molecule has 0 N–H and O–H groups in total. The fraction of sp³-hybridized carbons (Fsp3) is 0.583. The van der Waals surface area contributed by atoms with Crippen molar-refractivity contribution in [2.24, 2.45) is 4.40 Å². The van der Waals surface area contributed by atoms with E-state index in [4.69, 9.17) is 9.47 Å². The Morgan fingerprint density at radius 3 is 2.53 bits per heavy atom. The molecule has 2 bridgehead atoms. The zero-order chi connectivity index (χ0) is 22.1. The summed E-state index contributed by atoms with van der Waals surface area (Å²) >= 11 is 0. The van der Waals surface area contributed by atoms with Gasteiger partial charge in [-0.15, -0.1) is 0 Å². The summed E-state index contributed by atoms with van der Waals surface area (Å²) in [4.78, 5) is 14.7. The van der Waals surface area contributed by atoms with Crippen LogP contribution in [0.2, 0.25) is 0 Å². The summed E-state index contributed by atoms with van der Waals surface area (Å²) in [7, 11) is -3.58. The van der Waals surface area contributed by atoms with E-state index in [1.165, 1.54) is 0 Å². The predicted octanol–water partition coefficient (Wildman–Crippen LogP) is 3.91. The van der Waals surface area contributed by atoms with E-state index in [9.17, 15) is 13.2 Å². The van der Waals surface area contributed by atoms with Gasteiger partial charge in [0.15, 0.2) is 6.61 Å². The summed E-state index contributed by atoms with van der Waals surface area (Å²) in [5, 5.41) is -0.396. The monoisotopic (exact) mass is 458 g/mol. The third-order valence-electron chi connectivity index (χ3n) is 7.15. The molecule has 0 unspecified atom stereocenters. The summed E-state index contributed by atoms with van der Waals surface area (Å²) in [6.07, 6.45) is 8.84. The number of nitrogens with zero attached hydrogens (tertiary/aromatic N) is 2. The van der Waals surface area contributed by atoms with E-state index in [1.54, 1.807) is 11.2 Å². The first-order chi connectivity index (χ1) is 15.5. The maximum Gasteiger partial charge on any atom is 0.265 e. The number of benzene rings is 1. The average Bonchev–Trinajstić information content (AvgIpc) is 2.76. The number of para-hydroxylation sites is 1. The molecular formula is C24H30N2O5S. The molecule has 6 rings (SSSR count). The molecule has 5 aliphatic rings. The zero-order valence-corrected chi connectivity index (χ0v) is 19.1. The lowest BCUT2D eigenvalue weighted by molar-refractivity contribution is -0.131. The molecule has 0 spiro atoms. The number of rotatable bonds is 2. The number of carbonyl (C=O) groups excluding carboxylic acids is 1. The molecule has 3 heterocycles. The van der Waals surface area contributed by atoms with E-state index in [-0.39, 0.29) is 18.6 Å². The summed E-state index contributed by atoms with van der Waals surface area (Å²) in [5.41, 5.74) is 2.06. The topological polar surface area (TPSA) is 85.3 Å². The smallest absolute Gasteiger partial charge is 0.265 e. The van der Waals surface area contributed by atoms with Crippen LogP contribution in [-0.4, -0.2) is 49.4 Å². The van der Waals surface area contributed by atoms with E-state index in [0.29, 0.717) is 49.6 Å². The lowest BCUT2D eigenvalue weighted by Crippen LogP contribution is -2.41. The largest absolute Gasteiger partial charge is 0.496 e. The van der Waals surface area contributed by atoms with Gasteiger partial charge in [0.1, 0.15) is 17.7 Å². The van der Waals surface area contributed by atoms with Crippen molar-refractivity contribution in [1.82, 2.24) is 4.90 Å². The van der Waals surface area contributed by atoms with Gasteiger partial charge in [0, 0.05) is 6.54 Å². The highest BCUT2D eigenvalue weighted by Crippen LogP contribution is 2.39. The Morgan fingerprint density at radius 1 is 1.00 bits per heavy atom. The molecule has 2 aliphatic carbocycles. The van der Waals surface area contributed by atoms with Gasteiger partial charge in [-0.1, -0.05) is 24.6 Å². The number of amides is 1. The number of fused-ring (bicyclic) bond motifs is 5. The molecule has 1 aromatic rings. The number of piperidine rings is 1. The third-order valence-corrected chi connectivity index (χ3v) is 8.94. The Morgan fingerprint density at radius 2 is 1.78 bits per heavy atom. The molecule has 1 saturated heterocycles. The van der Waals surface area contributed by atoms with Crippen molar-refractivity contribution < 1.29 is 22.7 Å². The van der Waals surface area contributed by atoms with Crippen LogP contribution in [0, 0.1) is 0 Å². The number of ether oxygens (including phenoxy) is 2. The fourth-order valence-corrected chi connectivity index (χ4v) is 6.60. The maximum absolute atomic E-state index is 13.2. The number of allylic oxidation sites excluding steroid dienone is 1. The Balaban J connectivity index is 1.48. The van der Waals surface area contributed by atoms with Crippen molar-refractivity contribution in [2.45, 2.75) is 75.1 Å². The van der Waals surface area contributed by atoms with Gasteiger partial charge in [-0.2, -0.15) is 4.40 Å². The summed E-state index contributed by atoms with van der Waals surface area (Å²) in [6, 6.07) is 7.96. The quantitative estimate of drug-likeness (QED) is 0.671. The van der Waals surface area contributed by atoms with E-state index in [1.807, 2.05) is 18.2 Å². The van der Waals surface area contributed by atoms with Crippen molar-refractivity contribution in [2.75, 3.05) is 13.2 Å². The number of hydrogen-bond acceptors (Lipinski definition) is 5. The van der Waals surface area contributed by atoms with Crippen LogP contribution in [0.5, 0.6) is 5.75 Å². The van der Waals surface area contributed by atoms with E-state index in [2.05, 4.69) is 10.5 Å². The summed E-state index contributed by atoms with van der Waals surface area (Å²) in [6.45, 7) is 0.391. The molecule has 32 heavy (non-hydrogen) atoms. The van der Waals surface area contributed by atoms with Crippen molar-refractivity contribution in [1.29, 1.82) is 0 Å². The number of hydrogen-bond donors (Lipinski definition) is 0. The zero-order valence-electron chi connectivity index (χ0n) is 18.2. The number of sulfonamides is 1. The minimum Gasteiger partial charge on any atom is -0.496 e. The molecule has 3 aliphatic heterocycles. The third kappa shape index (κ3) is 4.29. The van der Waals surface area contributed by atoms with E-state index >= 15 is 0 Å². The Hall–Kier alpha value is -2.35. The highest BCUT2D eigenvalue weighted by atomic mass is 32.2. The van der Waals surface area contributed by atoms with Crippen molar-refractivity contribution >= 4 is 21.6 Å². The highest BCUT2D eigenvalue weighted by molar-refractivity contribution is 7.91. The fourth-order valence-electron chi connectivity index (χ4n) is 5.03. The molecule has 3 fully saturated rings. The first kappa shape index (κ1) is 21.5. The van der Waals surface area contributed by atoms with Crippen LogP contribution in [0.4, 0.5) is 0 Å². The molecule has 7 nitrogen and oxygen atoms in total. The molecule has 172 valence electrons. The van der Waals surface area contributed by atoms with Crippen molar-refractivity contribution in [3.05, 3.63) is 41.8 Å². The standard InChI is InChI=1S/C24H30N2O5S/c27-24-16-31-23-9-2-1-7-20(23)17-10-12-18(13-11-17)30-15-22-21(8-4-14-26(22)24)25-32(28,29)19-5-3-6-19/h1-2,7,9,15,17-19H,3-6,8,10-14,16H2/b22-15-,25-21+. The van der Waals surface area contributed by atoms with Gasteiger partial charge in [-0.3, -0.25) is 4.79 Å². The van der Waals surface area contributed by atoms with Crippen LogP contribution in [0.25, 0.3) is 0 Å². The Kier molecular flexibility index (Phi) is 5.97. The summed E-state index contributed by atoms with van der Waals surface area (Å²) < 4.78 is 41.8. The lowest BCUT2D eigenvalue weighted by atomic mass is 9.82. The highest BCUT2D eigenvalue weighted by Gasteiger charge is 2.35. The molecule has 0 atom stereocenters. The minimum atomic E-state index is -3.58.